The number of amides is 2. The van der Waals surface area contributed by atoms with Gasteiger partial charge in [0.1, 0.15) is 17.6 Å². The molecule has 0 aromatic heterocycles. The highest BCUT2D eigenvalue weighted by atomic mass is 16.5. The van der Waals surface area contributed by atoms with Crippen LogP contribution in [0.25, 0.3) is 0 Å². The second kappa shape index (κ2) is 12.7. The van der Waals surface area contributed by atoms with Crippen molar-refractivity contribution in [1.29, 1.82) is 5.26 Å². The molecule has 3 N–H and O–H groups in total. The molecule has 0 unspecified atom stereocenters. The molecule has 5 atom stereocenters. The third-order valence-electron chi connectivity index (χ3n) is 9.98. The van der Waals surface area contributed by atoms with Crippen LogP contribution in [-0.4, -0.2) is 48.7 Å². The molecule has 0 aliphatic heterocycles. The highest BCUT2D eigenvalue weighted by molar-refractivity contribution is 5.98. The first-order chi connectivity index (χ1) is 20.6. The highest BCUT2D eigenvalue weighted by Crippen LogP contribution is 2.49. The summed E-state index contributed by atoms with van der Waals surface area (Å²) in [6.07, 6.45) is 4.59. The second-order valence-corrected chi connectivity index (χ2v) is 12.8. The Labute approximate surface area is 252 Å². The Balaban J connectivity index is 1.29. The Morgan fingerprint density at radius 3 is 2.42 bits per heavy atom. The maximum absolute atomic E-state index is 13.8. The molecular formula is C34H41N3O6. The van der Waals surface area contributed by atoms with E-state index in [1.807, 2.05) is 18.2 Å². The number of carbonyl (C=O) groups is 3. The van der Waals surface area contributed by atoms with Crippen molar-refractivity contribution in [3.05, 3.63) is 59.2 Å². The van der Waals surface area contributed by atoms with Gasteiger partial charge in [-0.3, -0.25) is 14.4 Å². The number of nitrogens with one attached hydrogen (secondary N) is 2. The molecule has 9 heteroatoms. The molecule has 0 spiro atoms. The van der Waals surface area contributed by atoms with Gasteiger partial charge in [0.15, 0.2) is 0 Å². The molecule has 0 saturated heterocycles. The van der Waals surface area contributed by atoms with Crippen molar-refractivity contribution in [1.82, 2.24) is 10.6 Å². The summed E-state index contributed by atoms with van der Waals surface area (Å²) < 4.78 is 11.7. The van der Waals surface area contributed by atoms with E-state index >= 15 is 0 Å². The number of carboxylic acids is 1. The summed E-state index contributed by atoms with van der Waals surface area (Å²) in [5.74, 6) is -0.377. The Morgan fingerprint density at radius 2 is 1.77 bits per heavy atom. The molecule has 2 amide bonds. The molecule has 2 aromatic rings. The van der Waals surface area contributed by atoms with E-state index in [-0.39, 0.29) is 70.3 Å². The zero-order valence-electron chi connectivity index (χ0n) is 25.1. The summed E-state index contributed by atoms with van der Waals surface area (Å²) in [7, 11) is 1.45. The number of aliphatic carboxylic acids is 1. The standard InChI is InChI=1S/C34H41N3O6/c1-20(21-7-5-4-6-8-21)19-36-32(39)29-22-9-10-23(15-22)30(29)37-31(38)26-17-27(24(18-35)16-28(26)42-3)43-25-11-13-34(2,14-12-25)33(40)41/h4-8,16-17,20,22-23,25,29-30H,9-15,19H2,1-3H3,(H,36,39)(H,37,38)(H,40,41)/t20-,22-,23+,25?,29+,30-,34?/m1/s1. The Morgan fingerprint density at radius 1 is 1.07 bits per heavy atom. The van der Waals surface area contributed by atoms with Crippen molar-refractivity contribution in [3.63, 3.8) is 0 Å². The molecule has 0 radical (unpaired) electrons. The van der Waals surface area contributed by atoms with Crippen molar-refractivity contribution in [3.8, 4) is 17.6 Å². The van der Waals surface area contributed by atoms with Crippen LogP contribution in [0.15, 0.2) is 42.5 Å². The minimum atomic E-state index is -0.814. The van der Waals surface area contributed by atoms with Gasteiger partial charge in [-0.1, -0.05) is 37.3 Å². The number of nitrogens with zero attached hydrogens (tertiary/aromatic N) is 1. The number of rotatable bonds is 10. The number of fused-ring (bicyclic) bond motifs is 2. The van der Waals surface area contributed by atoms with Crippen LogP contribution in [0.4, 0.5) is 0 Å². The Bertz CT molecular complexity index is 1390. The average Bonchev–Trinajstić information content (AvgIpc) is 3.63. The van der Waals surface area contributed by atoms with E-state index in [2.05, 4.69) is 35.8 Å². The van der Waals surface area contributed by atoms with Crippen LogP contribution >= 0.6 is 0 Å². The fourth-order valence-electron chi connectivity index (χ4n) is 7.21. The third-order valence-corrected chi connectivity index (χ3v) is 9.98. The zero-order chi connectivity index (χ0) is 30.7. The molecule has 2 aromatic carbocycles. The van der Waals surface area contributed by atoms with Gasteiger partial charge in [0.25, 0.3) is 5.91 Å². The quantitative estimate of drug-likeness (QED) is 0.354. The molecular weight excluding hydrogens is 546 g/mol. The van der Waals surface area contributed by atoms with E-state index in [9.17, 15) is 24.8 Å². The lowest BCUT2D eigenvalue weighted by Crippen LogP contribution is -2.50. The number of carbonyl (C=O) groups excluding carboxylic acids is 2. The van der Waals surface area contributed by atoms with Crippen LogP contribution in [0.1, 0.15) is 86.2 Å². The molecule has 3 fully saturated rings. The predicted molar refractivity (Wildman–Crippen MR) is 160 cm³/mol. The van der Waals surface area contributed by atoms with Crippen molar-refractivity contribution in [2.24, 2.45) is 23.2 Å². The summed E-state index contributed by atoms with van der Waals surface area (Å²) in [6, 6.07) is 15.0. The van der Waals surface area contributed by atoms with E-state index < -0.39 is 11.4 Å². The monoisotopic (exact) mass is 587 g/mol. The van der Waals surface area contributed by atoms with Crippen LogP contribution in [0.3, 0.4) is 0 Å². The van der Waals surface area contributed by atoms with E-state index in [0.717, 1.165) is 24.8 Å². The molecule has 3 aliphatic rings. The molecule has 43 heavy (non-hydrogen) atoms. The van der Waals surface area contributed by atoms with Crippen molar-refractivity contribution < 1.29 is 29.0 Å². The minimum Gasteiger partial charge on any atom is -0.496 e. The molecule has 9 nitrogen and oxygen atoms in total. The van der Waals surface area contributed by atoms with Gasteiger partial charge in [0, 0.05) is 18.7 Å². The highest BCUT2D eigenvalue weighted by Gasteiger charge is 2.51. The van der Waals surface area contributed by atoms with Crippen molar-refractivity contribution >= 4 is 17.8 Å². The predicted octanol–water partition coefficient (Wildman–Crippen LogP) is 5.04. The molecule has 3 aliphatic carbocycles. The molecule has 2 bridgehead atoms. The Hall–Kier alpha value is -4.06. The number of carboxylic acid groups (broad SMARTS) is 1. The third kappa shape index (κ3) is 6.34. The maximum atomic E-state index is 13.8. The normalized spacial score (nSPS) is 28.4. The van der Waals surface area contributed by atoms with Gasteiger partial charge in [-0.15, -0.1) is 0 Å². The van der Waals surface area contributed by atoms with Gasteiger partial charge in [-0.05, 0) is 81.3 Å². The largest absolute Gasteiger partial charge is 0.496 e. The fraction of sp³-hybridized carbons (Fsp3) is 0.529. The summed E-state index contributed by atoms with van der Waals surface area (Å²) in [4.78, 5) is 38.9. The number of nitriles is 1. The first kappa shape index (κ1) is 30.4. The first-order valence-corrected chi connectivity index (χ1v) is 15.3. The van der Waals surface area contributed by atoms with Crippen LogP contribution in [0.2, 0.25) is 0 Å². The number of hydrogen-bond acceptors (Lipinski definition) is 6. The number of methoxy groups -OCH3 is 1. The summed E-state index contributed by atoms with van der Waals surface area (Å²) >= 11 is 0. The summed E-state index contributed by atoms with van der Waals surface area (Å²) in [5.41, 5.74) is 0.856. The van der Waals surface area contributed by atoms with Gasteiger partial charge in [0.2, 0.25) is 5.91 Å². The maximum Gasteiger partial charge on any atom is 0.309 e. The first-order valence-electron chi connectivity index (χ1n) is 15.3. The van der Waals surface area contributed by atoms with Gasteiger partial charge < -0.3 is 25.2 Å². The van der Waals surface area contributed by atoms with Gasteiger partial charge in [-0.2, -0.15) is 5.26 Å². The second-order valence-electron chi connectivity index (χ2n) is 12.8. The average molecular weight is 588 g/mol. The smallest absolute Gasteiger partial charge is 0.309 e. The van der Waals surface area contributed by atoms with Crippen LogP contribution in [0, 0.1) is 34.5 Å². The van der Waals surface area contributed by atoms with Gasteiger partial charge in [-0.25, -0.2) is 0 Å². The lowest BCUT2D eigenvalue weighted by molar-refractivity contribution is -0.150. The molecule has 0 heterocycles. The van der Waals surface area contributed by atoms with Gasteiger partial charge >= 0.3 is 5.97 Å². The van der Waals surface area contributed by atoms with Crippen LogP contribution < -0.4 is 20.1 Å². The molecule has 228 valence electrons. The van der Waals surface area contributed by atoms with Crippen LogP contribution in [0.5, 0.6) is 11.5 Å². The van der Waals surface area contributed by atoms with E-state index in [4.69, 9.17) is 9.47 Å². The number of ether oxygens (including phenoxy) is 2. The Kier molecular flexibility index (Phi) is 8.95. The minimum absolute atomic E-state index is 0.0262. The lowest BCUT2D eigenvalue weighted by atomic mass is 9.75. The summed E-state index contributed by atoms with van der Waals surface area (Å²) in [5, 5.41) is 25.7. The lowest BCUT2D eigenvalue weighted by Gasteiger charge is -2.34. The summed E-state index contributed by atoms with van der Waals surface area (Å²) in [6.45, 7) is 4.36. The SMILES string of the molecule is COc1cc(C#N)c(OC2CCC(C)(C(=O)O)CC2)cc1C(=O)N[C@@H]1[C@H]2CC[C@H](C2)[C@@H]1C(=O)NC[C@@H](C)c1ccccc1. The van der Waals surface area contributed by atoms with Crippen molar-refractivity contribution in [2.75, 3.05) is 13.7 Å². The van der Waals surface area contributed by atoms with E-state index in [1.54, 1.807) is 13.0 Å². The van der Waals surface area contributed by atoms with Crippen molar-refractivity contribution in [2.45, 2.75) is 76.9 Å². The van der Waals surface area contributed by atoms with Gasteiger partial charge in [0.05, 0.1) is 35.7 Å². The van der Waals surface area contributed by atoms with E-state index in [0.29, 0.717) is 32.2 Å². The topological polar surface area (TPSA) is 138 Å². The molecule has 3 saturated carbocycles. The zero-order valence-corrected chi connectivity index (χ0v) is 25.1. The molecule has 5 rings (SSSR count). The number of benzene rings is 2. The van der Waals surface area contributed by atoms with Crippen LogP contribution in [-0.2, 0) is 9.59 Å². The van der Waals surface area contributed by atoms with E-state index in [1.165, 1.54) is 13.2 Å². The number of hydrogen-bond donors (Lipinski definition) is 3. The fourth-order valence-corrected chi connectivity index (χ4v) is 7.21.